The number of carbonyl (C=O) groups excluding carboxylic acids is 1. The van der Waals surface area contributed by atoms with E-state index in [1.165, 1.54) is 13.0 Å². The van der Waals surface area contributed by atoms with E-state index in [4.69, 9.17) is 5.73 Å². The van der Waals surface area contributed by atoms with E-state index in [-0.39, 0.29) is 17.4 Å². The molecule has 9 heteroatoms. The van der Waals surface area contributed by atoms with E-state index < -0.39 is 23.4 Å². The van der Waals surface area contributed by atoms with Crippen LogP contribution in [0.1, 0.15) is 26.8 Å². The summed E-state index contributed by atoms with van der Waals surface area (Å²) in [5.74, 6) is -5.54. The lowest BCUT2D eigenvalue weighted by Crippen LogP contribution is -2.45. The SMILES string of the molecule is CC(C)n1cnc2cc(Br)nc(NC3(F)C(F)=CC=C(C(N)=O)C3C)c21. The van der Waals surface area contributed by atoms with Crippen molar-refractivity contribution in [3.63, 3.8) is 0 Å². The molecular weight excluding hydrogens is 408 g/mol. The van der Waals surface area contributed by atoms with Gasteiger partial charge in [0.1, 0.15) is 10.1 Å². The monoisotopic (exact) mass is 425 g/mol. The normalized spacial score (nSPS) is 23.1. The van der Waals surface area contributed by atoms with Crippen LogP contribution in [0.4, 0.5) is 14.6 Å². The van der Waals surface area contributed by atoms with Gasteiger partial charge < -0.3 is 15.6 Å². The second-order valence-corrected chi connectivity index (χ2v) is 7.28. The molecule has 1 aliphatic carbocycles. The van der Waals surface area contributed by atoms with Gasteiger partial charge in [0.25, 0.3) is 0 Å². The lowest BCUT2D eigenvalue weighted by molar-refractivity contribution is -0.115. The molecule has 2 heterocycles. The van der Waals surface area contributed by atoms with E-state index in [9.17, 15) is 9.18 Å². The van der Waals surface area contributed by atoms with Crippen molar-refractivity contribution in [2.45, 2.75) is 32.6 Å². The van der Waals surface area contributed by atoms with Crippen LogP contribution in [-0.4, -0.2) is 26.2 Å². The second-order valence-electron chi connectivity index (χ2n) is 6.47. The van der Waals surface area contributed by atoms with Gasteiger partial charge in [-0.25, -0.2) is 18.7 Å². The number of aromatic nitrogens is 3. The summed E-state index contributed by atoms with van der Waals surface area (Å²) in [4.78, 5) is 20.1. The molecule has 0 radical (unpaired) electrons. The molecule has 1 amide bonds. The standard InChI is InChI=1S/C17H18BrF2N5O/c1-8(2)25-7-22-11-6-13(18)23-16(14(11)25)24-17(20)9(3)10(15(21)26)4-5-12(17)19/h4-9H,1-3H3,(H2,21,26)(H,23,24). The zero-order valence-corrected chi connectivity index (χ0v) is 16.0. The number of anilines is 1. The van der Waals surface area contributed by atoms with Gasteiger partial charge in [-0.2, -0.15) is 0 Å². The third-order valence-electron chi connectivity index (χ3n) is 4.48. The zero-order chi connectivity index (χ0) is 19.2. The molecule has 3 rings (SSSR count). The minimum atomic E-state index is -2.66. The van der Waals surface area contributed by atoms with Gasteiger partial charge in [-0.1, -0.05) is 13.0 Å². The highest BCUT2D eigenvalue weighted by atomic mass is 79.9. The number of nitrogens with two attached hydrogens (primary N) is 1. The largest absolute Gasteiger partial charge is 0.366 e. The first-order valence-electron chi connectivity index (χ1n) is 8.03. The number of amides is 1. The fraction of sp³-hybridized carbons (Fsp3) is 0.353. The van der Waals surface area contributed by atoms with Crippen LogP contribution in [0.3, 0.4) is 0 Å². The average Bonchev–Trinajstić information content (AvgIpc) is 2.97. The third-order valence-corrected chi connectivity index (χ3v) is 4.89. The lowest BCUT2D eigenvalue weighted by Gasteiger charge is -2.34. The van der Waals surface area contributed by atoms with E-state index >= 15 is 4.39 Å². The minimum absolute atomic E-state index is 0.00925. The maximum absolute atomic E-state index is 15.7. The highest BCUT2D eigenvalue weighted by Crippen LogP contribution is 2.41. The van der Waals surface area contributed by atoms with Crippen molar-refractivity contribution in [3.8, 4) is 0 Å². The first-order valence-corrected chi connectivity index (χ1v) is 8.82. The van der Waals surface area contributed by atoms with Gasteiger partial charge in [0.2, 0.25) is 11.7 Å². The van der Waals surface area contributed by atoms with Crippen LogP contribution in [0.5, 0.6) is 0 Å². The highest BCUT2D eigenvalue weighted by molar-refractivity contribution is 9.10. The topological polar surface area (TPSA) is 85.8 Å². The van der Waals surface area contributed by atoms with Crippen molar-refractivity contribution in [1.29, 1.82) is 0 Å². The molecule has 138 valence electrons. The summed E-state index contributed by atoms with van der Waals surface area (Å²) in [5.41, 5.74) is 6.39. The Hall–Kier alpha value is -2.29. The second kappa shape index (κ2) is 6.46. The first-order chi connectivity index (χ1) is 12.1. The number of nitrogens with one attached hydrogen (secondary N) is 1. The number of alkyl halides is 1. The number of rotatable bonds is 4. The molecular formula is C17H18BrF2N5O. The molecule has 3 N–H and O–H groups in total. The molecule has 26 heavy (non-hydrogen) atoms. The van der Waals surface area contributed by atoms with Crippen LogP contribution in [0.2, 0.25) is 0 Å². The number of hydrogen-bond donors (Lipinski definition) is 2. The molecule has 0 aliphatic heterocycles. The summed E-state index contributed by atoms with van der Waals surface area (Å²) in [6, 6.07) is 1.72. The Morgan fingerprint density at radius 1 is 1.46 bits per heavy atom. The molecule has 0 spiro atoms. The van der Waals surface area contributed by atoms with Crippen molar-refractivity contribution < 1.29 is 13.6 Å². The zero-order valence-electron chi connectivity index (χ0n) is 14.4. The number of imidazole rings is 1. The van der Waals surface area contributed by atoms with Crippen LogP contribution < -0.4 is 11.1 Å². The van der Waals surface area contributed by atoms with Crippen molar-refractivity contribution in [2.24, 2.45) is 11.7 Å². The van der Waals surface area contributed by atoms with Crippen molar-refractivity contribution in [2.75, 3.05) is 5.32 Å². The number of pyridine rings is 1. The third kappa shape index (κ3) is 2.90. The smallest absolute Gasteiger partial charge is 0.245 e. The summed E-state index contributed by atoms with van der Waals surface area (Å²) < 4.78 is 32.3. The molecule has 2 aromatic heterocycles. The highest BCUT2D eigenvalue weighted by Gasteiger charge is 2.47. The summed E-state index contributed by atoms with van der Waals surface area (Å²) in [6.45, 7) is 5.27. The number of fused-ring (bicyclic) bond motifs is 1. The molecule has 0 saturated heterocycles. The average molecular weight is 426 g/mol. The van der Waals surface area contributed by atoms with E-state index in [0.29, 0.717) is 15.6 Å². The lowest BCUT2D eigenvalue weighted by atomic mass is 9.85. The van der Waals surface area contributed by atoms with E-state index in [0.717, 1.165) is 6.08 Å². The Kier molecular flexibility index (Phi) is 4.60. The Bertz CT molecular complexity index is 952. The molecule has 6 nitrogen and oxygen atoms in total. The number of halogens is 3. The molecule has 2 aromatic rings. The number of nitrogens with zero attached hydrogens (tertiary/aromatic N) is 3. The van der Waals surface area contributed by atoms with Crippen LogP contribution in [0.25, 0.3) is 11.0 Å². The van der Waals surface area contributed by atoms with E-state index in [1.807, 2.05) is 13.8 Å². The fourth-order valence-corrected chi connectivity index (χ4v) is 3.39. The van der Waals surface area contributed by atoms with Crippen LogP contribution in [-0.2, 0) is 4.79 Å². The Labute approximate surface area is 157 Å². The molecule has 2 unspecified atom stereocenters. The predicted octanol–water partition coefficient (Wildman–Crippen LogP) is 3.77. The quantitative estimate of drug-likeness (QED) is 0.576. The molecule has 0 aromatic carbocycles. The van der Waals surface area contributed by atoms with Gasteiger partial charge in [0, 0.05) is 17.5 Å². The van der Waals surface area contributed by atoms with Crippen LogP contribution >= 0.6 is 15.9 Å². The first kappa shape index (κ1) is 18.5. The van der Waals surface area contributed by atoms with E-state index in [1.54, 1.807) is 17.0 Å². The number of allylic oxidation sites excluding steroid dienone is 2. The van der Waals surface area contributed by atoms with Gasteiger partial charge in [-0.05, 0) is 41.9 Å². The van der Waals surface area contributed by atoms with E-state index in [2.05, 4.69) is 31.2 Å². The number of hydrogen-bond acceptors (Lipinski definition) is 4. The summed E-state index contributed by atoms with van der Waals surface area (Å²) in [6.07, 6.45) is 3.72. The summed E-state index contributed by atoms with van der Waals surface area (Å²) in [5, 5.41) is 2.55. The molecule has 0 saturated carbocycles. The Morgan fingerprint density at radius 2 is 2.15 bits per heavy atom. The summed E-state index contributed by atoms with van der Waals surface area (Å²) >= 11 is 3.26. The molecule has 1 aliphatic rings. The van der Waals surface area contributed by atoms with Crippen molar-refractivity contribution >= 4 is 38.7 Å². The van der Waals surface area contributed by atoms with Gasteiger partial charge >= 0.3 is 0 Å². The van der Waals surface area contributed by atoms with Crippen LogP contribution in [0.15, 0.2) is 40.5 Å². The van der Waals surface area contributed by atoms with Gasteiger partial charge in [0.05, 0.1) is 11.8 Å². The van der Waals surface area contributed by atoms with Gasteiger partial charge in [-0.3, -0.25) is 4.79 Å². The fourth-order valence-electron chi connectivity index (χ4n) is 2.99. The molecule has 2 atom stereocenters. The minimum Gasteiger partial charge on any atom is -0.366 e. The van der Waals surface area contributed by atoms with Crippen molar-refractivity contribution in [3.05, 3.63) is 40.5 Å². The van der Waals surface area contributed by atoms with Crippen molar-refractivity contribution in [1.82, 2.24) is 14.5 Å². The maximum Gasteiger partial charge on any atom is 0.245 e. The number of carbonyl (C=O) groups is 1. The Balaban J connectivity index is 2.14. The molecule has 0 bridgehead atoms. The van der Waals surface area contributed by atoms with Gasteiger partial charge in [0.15, 0.2) is 11.6 Å². The summed E-state index contributed by atoms with van der Waals surface area (Å²) in [7, 11) is 0. The van der Waals surface area contributed by atoms with Crippen LogP contribution in [0, 0.1) is 5.92 Å². The molecule has 0 fully saturated rings. The number of primary amides is 1. The van der Waals surface area contributed by atoms with Gasteiger partial charge in [-0.15, -0.1) is 0 Å². The predicted molar refractivity (Wildman–Crippen MR) is 98.7 cm³/mol. The Morgan fingerprint density at radius 3 is 2.77 bits per heavy atom. The maximum atomic E-state index is 15.7.